The molecule has 0 spiro atoms. The molecule has 0 unspecified atom stereocenters. The van der Waals surface area contributed by atoms with Crippen LogP contribution in [0, 0.1) is 0 Å². The molecule has 0 radical (unpaired) electrons. The molecule has 17 heavy (non-hydrogen) atoms. The van der Waals surface area contributed by atoms with Crippen LogP contribution in [0.3, 0.4) is 0 Å². The van der Waals surface area contributed by atoms with Gasteiger partial charge < -0.3 is 5.32 Å². The van der Waals surface area contributed by atoms with Crippen molar-refractivity contribution in [3.63, 3.8) is 0 Å². The van der Waals surface area contributed by atoms with Crippen LogP contribution in [0.1, 0.15) is 0 Å². The highest BCUT2D eigenvalue weighted by molar-refractivity contribution is 7.99. The Bertz CT molecular complexity index is 368. The van der Waals surface area contributed by atoms with Crippen molar-refractivity contribution in [2.24, 2.45) is 0 Å². The summed E-state index contributed by atoms with van der Waals surface area (Å²) in [5, 5.41) is 4.62. The number of piperazine rings is 1. The van der Waals surface area contributed by atoms with Crippen molar-refractivity contribution in [3.05, 3.63) is 28.2 Å². The van der Waals surface area contributed by atoms with E-state index in [1.54, 1.807) is 0 Å². The minimum atomic E-state index is 0.623. The molecule has 1 aromatic carbocycles. The van der Waals surface area contributed by atoms with E-state index >= 15 is 0 Å². The second-order valence-electron chi connectivity index (χ2n) is 4.02. The van der Waals surface area contributed by atoms with Crippen LogP contribution >= 0.6 is 35.0 Å². The first kappa shape index (κ1) is 13.5. The Balaban J connectivity index is 1.75. The lowest BCUT2D eigenvalue weighted by Crippen LogP contribution is -2.44. The summed E-state index contributed by atoms with van der Waals surface area (Å²) < 4.78 is 0. The Morgan fingerprint density at radius 2 is 1.94 bits per heavy atom. The fourth-order valence-corrected chi connectivity index (χ4v) is 3.11. The van der Waals surface area contributed by atoms with Crippen LogP contribution in [0.5, 0.6) is 0 Å². The summed E-state index contributed by atoms with van der Waals surface area (Å²) in [5.74, 6) is 1.10. The number of hydrogen-bond acceptors (Lipinski definition) is 3. The highest BCUT2D eigenvalue weighted by Crippen LogP contribution is 2.27. The van der Waals surface area contributed by atoms with Crippen molar-refractivity contribution >= 4 is 35.0 Å². The SMILES string of the molecule is Clc1ccc(SCCN2CCNCC2)cc1Cl. The van der Waals surface area contributed by atoms with E-state index in [4.69, 9.17) is 23.2 Å². The Morgan fingerprint density at radius 3 is 2.65 bits per heavy atom. The molecule has 0 aromatic heterocycles. The van der Waals surface area contributed by atoms with Gasteiger partial charge in [0.15, 0.2) is 0 Å². The zero-order valence-electron chi connectivity index (χ0n) is 9.59. The Morgan fingerprint density at radius 1 is 1.18 bits per heavy atom. The molecule has 1 N–H and O–H groups in total. The van der Waals surface area contributed by atoms with Gasteiger partial charge in [-0.1, -0.05) is 23.2 Å². The fourth-order valence-electron chi connectivity index (χ4n) is 1.79. The van der Waals surface area contributed by atoms with E-state index in [1.807, 2.05) is 30.0 Å². The molecule has 1 aliphatic heterocycles. The van der Waals surface area contributed by atoms with Gasteiger partial charge in [-0.2, -0.15) is 0 Å². The number of rotatable bonds is 4. The molecule has 1 aliphatic rings. The molecule has 0 amide bonds. The molecular weight excluding hydrogens is 275 g/mol. The maximum atomic E-state index is 5.98. The van der Waals surface area contributed by atoms with Gasteiger partial charge in [0.2, 0.25) is 0 Å². The monoisotopic (exact) mass is 290 g/mol. The van der Waals surface area contributed by atoms with Crippen molar-refractivity contribution in [2.75, 3.05) is 38.5 Å². The smallest absolute Gasteiger partial charge is 0.0603 e. The summed E-state index contributed by atoms with van der Waals surface area (Å²) in [7, 11) is 0. The fraction of sp³-hybridized carbons (Fsp3) is 0.500. The van der Waals surface area contributed by atoms with Gasteiger partial charge in [-0.25, -0.2) is 0 Å². The van der Waals surface area contributed by atoms with Crippen molar-refractivity contribution in [3.8, 4) is 0 Å². The molecule has 1 saturated heterocycles. The van der Waals surface area contributed by atoms with Crippen LogP contribution in [-0.2, 0) is 0 Å². The number of nitrogens with zero attached hydrogens (tertiary/aromatic N) is 1. The lowest BCUT2D eigenvalue weighted by atomic mass is 10.4. The second-order valence-corrected chi connectivity index (χ2v) is 6.00. The highest BCUT2D eigenvalue weighted by Gasteiger charge is 2.08. The number of halogens is 2. The van der Waals surface area contributed by atoms with Crippen LogP contribution in [0.15, 0.2) is 23.1 Å². The summed E-state index contributed by atoms with van der Waals surface area (Å²) in [6, 6.07) is 5.82. The predicted octanol–water partition coefficient (Wildman–Crippen LogP) is 2.99. The average molecular weight is 291 g/mol. The van der Waals surface area contributed by atoms with Gasteiger partial charge >= 0.3 is 0 Å². The van der Waals surface area contributed by atoms with E-state index in [2.05, 4.69) is 10.2 Å². The first-order chi connectivity index (χ1) is 8.25. The van der Waals surface area contributed by atoms with E-state index in [0.717, 1.165) is 38.5 Å². The maximum absolute atomic E-state index is 5.98. The third-order valence-electron chi connectivity index (χ3n) is 2.78. The van der Waals surface area contributed by atoms with Gasteiger partial charge in [0.25, 0.3) is 0 Å². The lowest BCUT2D eigenvalue weighted by molar-refractivity contribution is 0.255. The minimum absolute atomic E-state index is 0.623. The normalized spacial score (nSPS) is 17.3. The summed E-state index contributed by atoms with van der Waals surface area (Å²) in [6.07, 6.45) is 0. The molecule has 2 nitrogen and oxygen atoms in total. The van der Waals surface area contributed by atoms with Crippen molar-refractivity contribution < 1.29 is 0 Å². The van der Waals surface area contributed by atoms with E-state index in [0.29, 0.717) is 10.0 Å². The van der Waals surface area contributed by atoms with Crippen LogP contribution in [0.4, 0.5) is 0 Å². The zero-order valence-corrected chi connectivity index (χ0v) is 11.9. The zero-order chi connectivity index (χ0) is 12.1. The first-order valence-electron chi connectivity index (χ1n) is 5.76. The third-order valence-corrected chi connectivity index (χ3v) is 4.49. The molecule has 94 valence electrons. The van der Waals surface area contributed by atoms with E-state index in [1.165, 1.54) is 4.90 Å². The van der Waals surface area contributed by atoms with Gasteiger partial charge in [-0.3, -0.25) is 4.90 Å². The molecule has 1 aromatic rings. The number of thioether (sulfide) groups is 1. The number of hydrogen-bond donors (Lipinski definition) is 1. The summed E-state index contributed by atoms with van der Waals surface area (Å²) in [6.45, 7) is 5.66. The quantitative estimate of drug-likeness (QED) is 0.859. The Labute approximate surface area is 117 Å². The van der Waals surface area contributed by atoms with E-state index < -0.39 is 0 Å². The molecule has 1 fully saturated rings. The van der Waals surface area contributed by atoms with Crippen LogP contribution in [-0.4, -0.2) is 43.4 Å². The van der Waals surface area contributed by atoms with Crippen LogP contribution in [0.25, 0.3) is 0 Å². The maximum Gasteiger partial charge on any atom is 0.0603 e. The number of benzene rings is 1. The lowest BCUT2D eigenvalue weighted by Gasteiger charge is -2.26. The molecular formula is C12H16Cl2N2S. The van der Waals surface area contributed by atoms with Gasteiger partial charge in [0, 0.05) is 43.4 Å². The van der Waals surface area contributed by atoms with Crippen LogP contribution in [0.2, 0.25) is 10.0 Å². The largest absolute Gasteiger partial charge is 0.314 e. The molecule has 0 saturated carbocycles. The first-order valence-corrected chi connectivity index (χ1v) is 7.51. The molecule has 5 heteroatoms. The van der Waals surface area contributed by atoms with Crippen molar-refractivity contribution in [1.82, 2.24) is 10.2 Å². The predicted molar refractivity (Wildman–Crippen MR) is 76.5 cm³/mol. The minimum Gasteiger partial charge on any atom is -0.314 e. The van der Waals surface area contributed by atoms with Crippen LogP contribution < -0.4 is 5.32 Å². The Kier molecular flexibility index (Phi) is 5.45. The summed E-state index contributed by atoms with van der Waals surface area (Å²) >= 11 is 13.7. The van der Waals surface area contributed by atoms with Gasteiger partial charge in [0.05, 0.1) is 10.0 Å². The molecule has 0 bridgehead atoms. The standard InChI is InChI=1S/C12H16Cl2N2S/c13-11-2-1-10(9-12(11)14)17-8-7-16-5-3-15-4-6-16/h1-2,9,15H,3-8H2. The van der Waals surface area contributed by atoms with Crippen molar-refractivity contribution in [1.29, 1.82) is 0 Å². The average Bonchev–Trinajstić information content (AvgIpc) is 2.35. The number of nitrogens with one attached hydrogen (secondary N) is 1. The third kappa shape index (κ3) is 4.34. The molecule has 0 atom stereocenters. The molecule has 0 aliphatic carbocycles. The van der Waals surface area contributed by atoms with E-state index in [-0.39, 0.29) is 0 Å². The van der Waals surface area contributed by atoms with Gasteiger partial charge in [0.1, 0.15) is 0 Å². The summed E-state index contributed by atoms with van der Waals surface area (Å²) in [4.78, 5) is 3.68. The molecule has 1 heterocycles. The topological polar surface area (TPSA) is 15.3 Å². The van der Waals surface area contributed by atoms with Gasteiger partial charge in [-0.15, -0.1) is 11.8 Å². The highest BCUT2D eigenvalue weighted by atomic mass is 35.5. The van der Waals surface area contributed by atoms with E-state index in [9.17, 15) is 0 Å². The summed E-state index contributed by atoms with van der Waals surface area (Å²) in [5.41, 5.74) is 0. The van der Waals surface area contributed by atoms with Gasteiger partial charge in [-0.05, 0) is 18.2 Å². The van der Waals surface area contributed by atoms with Crippen molar-refractivity contribution in [2.45, 2.75) is 4.90 Å². The molecule has 2 rings (SSSR count). The second kappa shape index (κ2) is 6.86. The Hall–Kier alpha value is 0.0700.